The van der Waals surface area contributed by atoms with Crippen molar-refractivity contribution in [3.05, 3.63) is 0 Å². The van der Waals surface area contributed by atoms with Gasteiger partial charge in [0.05, 0.1) is 6.10 Å². The number of nitrogens with one attached hydrogen (secondary N) is 2. The second-order valence-electron chi connectivity index (χ2n) is 8.57. The van der Waals surface area contributed by atoms with Gasteiger partial charge in [0.1, 0.15) is 0 Å². The monoisotopic (exact) mass is 334 g/mol. The molecule has 0 aromatic rings. The molecule has 0 radical (unpaired) electrons. The summed E-state index contributed by atoms with van der Waals surface area (Å²) < 4.78 is 6.03. The predicted octanol–water partition coefficient (Wildman–Crippen LogP) is 1.98. The SMILES string of the molecule is CN=C(NC1CCN(C(C)C)CC1)NC1C2CCOC2C12CCC2. The van der Waals surface area contributed by atoms with E-state index in [2.05, 4.69) is 34.4 Å². The number of hydrogen-bond acceptors (Lipinski definition) is 3. The van der Waals surface area contributed by atoms with Crippen LogP contribution >= 0.6 is 0 Å². The fourth-order valence-corrected chi connectivity index (χ4v) is 5.53. The smallest absolute Gasteiger partial charge is 0.191 e. The quantitative estimate of drug-likeness (QED) is 0.612. The van der Waals surface area contributed by atoms with Crippen LogP contribution in [-0.2, 0) is 4.74 Å². The van der Waals surface area contributed by atoms with Crippen molar-refractivity contribution < 1.29 is 4.74 Å². The van der Waals surface area contributed by atoms with Crippen molar-refractivity contribution in [2.75, 3.05) is 26.7 Å². The Bertz CT molecular complexity index is 480. The van der Waals surface area contributed by atoms with E-state index >= 15 is 0 Å². The normalized spacial score (nSPS) is 36.3. The molecule has 2 heterocycles. The van der Waals surface area contributed by atoms with Gasteiger partial charge in [0.15, 0.2) is 5.96 Å². The number of ether oxygens (including phenoxy) is 1. The summed E-state index contributed by atoms with van der Waals surface area (Å²) in [5, 5.41) is 7.50. The summed E-state index contributed by atoms with van der Waals surface area (Å²) in [5.41, 5.74) is 0.416. The second kappa shape index (κ2) is 6.49. The number of fused-ring (bicyclic) bond motifs is 2. The van der Waals surface area contributed by atoms with Crippen LogP contribution in [0.2, 0.25) is 0 Å². The van der Waals surface area contributed by atoms with Crippen molar-refractivity contribution >= 4 is 5.96 Å². The maximum Gasteiger partial charge on any atom is 0.191 e. The molecule has 1 spiro atoms. The van der Waals surface area contributed by atoms with Gasteiger partial charge in [-0.2, -0.15) is 0 Å². The molecule has 4 rings (SSSR count). The van der Waals surface area contributed by atoms with E-state index in [0.29, 0.717) is 35.6 Å². The molecule has 2 saturated heterocycles. The Balaban J connectivity index is 1.32. The molecule has 24 heavy (non-hydrogen) atoms. The Kier molecular flexibility index (Phi) is 4.50. The summed E-state index contributed by atoms with van der Waals surface area (Å²) in [6.07, 6.45) is 8.19. The molecule has 2 aliphatic carbocycles. The van der Waals surface area contributed by atoms with Crippen molar-refractivity contribution in [2.45, 2.75) is 76.6 Å². The maximum absolute atomic E-state index is 6.03. The van der Waals surface area contributed by atoms with Gasteiger partial charge >= 0.3 is 0 Å². The molecule has 136 valence electrons. The molecule has 0 aromatic carbocycles. The van der Waals surface area contributed by atoms with Crippen LogP contribution in [0.1, 0.15) is 52.4 Å². The predicted molar refractivity (Wildman–Crippen MR) is 97.3 cm³/mol. The lowest BCUT2D eigenvalue weighted by atomic mass is 9.46. The number of guanidine groups is 1. The third kappa shape index (κ3) is 2.64. The van der Waals surface area contributed by atoms with Crippen molar-refractivity contribution in [1.82, 2.24) is 15.5 Å². The molecule has 3 unspecified atom stereocenters. The lowest BCUT2D eigenvalue weighted by Crippen LogP contribution is -2.72. The van der Waals surface area contributed by atoms with Crippen molar-refractivity contribution in [3.8, 4) is 0 Å². The van der Waals surface area contributed by atoms with E-state index in [1.165, 1.54) is 51.6 Å². The highest BCUT2D eigenvalue weighted by molar-refractivity contribution is 5.80. The summed E-state index contributed by atoms with van der Waals surface area (Å²) in [6.45, 7) is 7.93. The highest BCUT2D eigenvalue weighted by Crippen LogP contribution is 2.62. The lowest BCUT2D eigenvalue weighted by molar-refractivity contribution is -0.171. The van der Waals surface area contributed by atoms with Crippen LogP contribution in [0, 0.1) is 11.3 Å². The number of rotatable bonds is 3. The first-order chi connectivity index (χ1) is 11.6. The van der Waals surface area contributed by atoms with E-state index in [9.17, 15) is 0 Å². The van der Waals surface area contributed by atoms with Crippen LogP contribution in [0.25, 0.3) is 0 Å². The van der Waals surface area contributed by atoms with Gasteiger partial charge in [-0.1, -0.05) is 6.42 Å². The Morgan fingerprint density at radius 2 is 1.92 bits per heavy atom. The number of piperidine rings is 1. The van der Waals surface area contributed by atoms with Crippen LogP contribution in [0.15, 0.2) is 4.99 Å². The molecule has 2 saturated carbocycles. The third-order valence-electron chi connectivity index (χ3n) is 7.15. The average molecular weight is 335 g/mol. The fourth-order valence-electron chi connectivity index (χ4n) is 5.53. The number of likely N-dealkylation sites (tertiary alicyclic amines) is 1. The largest absolute Gasteiger partial charge is 0.377 e. The zero-order valence-electron chi connectivity index (χ0n) is 15.6. The number of aliphatic imine (C=N–C) groups is 1. The van der Waals surface area contributed by atoms with Crippen molar-refractivity contribution in [1.29, 1.82) is 0 Å². The summed E-state index contributed by atoms with van der Waals surface area (Å²) in [7, 11) is 1.91. The van der Waals surface area contributed by atoms with Gasteiger partial charge in [0.2, 0.25) is 0 Å². The van der Waals surface area contributed by atoms with Crippen LogP contribution < -0.4 is 10.6 Å². The van der Waals surface area contributed by atoms with Crippen LogP contribution in [-0.4, -0.2) is 61.8 Å². The number of nitrogens with zero attached hydrogens (tertiary/aromatic N) is 2. The first-order valence-corrected chi connectivity index (χ1v) is 9.99. The summed E-state index contributed by atoms with van der Waals surface area (Å²) in [5.74, 6) is 1.71. The summed E-state index contributed by atoms with van der Waals surface area (Å²) in [6, 6.07) is 1.79. The zero-order valence-corrected chi connectivity index (χ0v) is 15.6. The van der Waals surface area contributed by atoms with Gasteiger partial charge in [-0.05, 0) is 46.0 Å². The van der Waals surface area contributed by atoms with E-state index in [4.69, 9.17) is 4.74 Å². The molecule has 5 heteroatoms. The van der Waals surface area contributed by atoms with Gasteiger partial charge in [0.25, 0.3) is 0 Å². The molecule has 4 aliphatic rings. The Labute approximate surface area is 146 Å². The minimum atomic E-state index is 0.416. The third-order valence-corrected chi connectivity index (χ3v) is 7.15. The standard InChI is InChI=1S/C19H34N4O/c1-13(2)23-10-5-14(6-11-23)21-18(20-3)22-16-15-7-12-24-17(15)19(16)8-4-9-19/h13-17H,4-12H2,1-3H3,(H2,20,21,22). The second-order valence-corrected chi connectivity index (χ2v) is 8.57. The molecule has 5 nitrogen and oxygen atoms in total. The first-order valence-electron chi connectivity index (χ1n) is 9.99. The molecule has 2 aliphatic heterocycles. The Morgan fingerprint density at radius 1 is 1.17 bits per heavy atom. The molecular formula is C19H34N4O. The summed E-state index contributed by atoms with van der Waals surface area (Å²) in [4.78, 5) is 7.11. The van der Waals surface area contributed by atoms with Gasteiger partial charge in [-0.25, -0.2) is 0 Å². The minimum Gasteiger partial charge on any atom is -0.377 e. The van der Waals surface area contributed by atoms with Gasteiger partial charge in [-0.15, -0.1) is 0 Å². The Hall–Kier alpha value is -0.810. The number of hydrogen-bond donors (Lipinski definition) is 2. The van der Waals surface area contributed by atoms with Crippen LogP contribution in [0.3, 0.4) is 0 Å². The van der Waals surface area contributed by atoms with E-state index in [1.54, 1.807) is 0 Å². The average Bonchev–Trinajstić information content (AvgIpc) is 2.95. The van der Waals surface area contributed by atoms with Gasteiger partial charge < -0.3 is 20.3 Å². The van der Waals surface area contributed by atoms with Gasteiger partial charge in [-0.3, -0.25) is 4.99 Å². The molecule has 2 N–H and O–H groups in total. The minimum absolute atomic E-state index is 0.416. The highest BCUT2D eigenvalue weighted by atomic mass is 16.5. The molecular weight excluding hydrogens is 300 g/mol. The molecule has 0 bridgehead atoms. The zero-order chi connectivity index (χ0) is 16.7. The van der Waals surface area contributed by atoms with Crippen molar-refractivity contribution in [3.63, 3.8) is 0 Å². The van der Waals surface area contributed by atoms with Crippen molar-refractivity contribution in [2.24, 2.45) is 16.3 Å². The molecule has 3 atom stereocenters. The van der Waals surface area contributed by atoms with Crippen LogP contribution in [0.4, 0.5) is 0 Å². The highest BCUT2D eigenvalue weighted by Gasteiger charge is 2.66. The molecule has 0 aromatic heterocycles. The first kappa shape index (κ1) is 16.6. The topological polar surface area (TPSA) is 48.9 Å². The maximum atomic E-state index is 6.03. The lowest BCUT2D eigenvalue weighted by Gasteiger charge is -2.63. The summed E-state index contributed by atoms with van der Waals surface area (Å²) >= 11 is 0. The Morgan fingerprint density at radius 3 is 2.50 bits per heavy atom. The molecule has 4 fully saturated rings. The fraction of sp³-hybridized carbons (Fsp3) is 0.947. The molecule has 0 amide bonds. The van der Waals surface area contributed by atoms with Gasteiger partial charge in [0, 0.05) is 56.2 Å². The van der Waals surface area contributed by atoms with Crippen LogP contribution in [0.5, 0.6) is 0 Å². The van der Waals surface area contributed by atoms with E-state index in [0.717, 1.165) is 12.6 Å². The van der Waals surface area contributed by atoms with E-state index in [-0.39, 0.29) is 0 Å². The van der Waals surface area contributed by atoms with E-state index in [1.807, 2.05) is 7.05 Å². The van der Waals surface area contributed by atoms with E-state index < -0.39 is 0 Å².